The van der Waals surface area contributed by atoms with Crippen molar-refractivity contribution < 1.29 is 19.4 Å². The molecule has 0 aliphatic rings. The molecule has 0 aliphatic carbocycles. The average molecular weight is 391 g/mol. The maximum atomic E-state index is 12.3. The van der Waals surface area contributed by atoms with Crippen molar-refractivity contribution in [2.24, 2.45) is 0 Å². The van der Waals surface area contributed by atoms with Crippen LogP contribution in [0.2, 0.25) is 10.0 Å². The molecule has 6 nitrogen and oxygen atoms in total. The van der Waals surface area contributed by atoms with E-state index < -0.39 is 18.5 Å². The number of ether oxygens (including phenoxy) is 1. The Hall–Kier alpha value is -3.01. The van der Waals surface area contributed by atoms with E-state index in [2.05, 4.69) is 5.32 Å². The van der Waals surface area contributed by atoms with Crippen LogP contribution in [0, 0.1) is 11.3 Å². The highest BCUT2D eigenvalue weighted by Crippen LogP contribution is 2.24. The van der Waals surface area contributed by atoms with Crippen molar-refractivity contribution in [3.05, 3.63) is 63.6 Å². The minimum atomic E-state index is -1.14. The van der Waals surface area contributed by atoms with Crippen molar-refractivity contribution in [2.45, 2.75) is 0 Å². The van der Waals surface area contributed by atoms with Gasteiger partial charge in [0.05, 0.1) is 0 Å². The Balaban J connectivity index is 2.26. The number of benzene rings is 2. The van der Waals surface area contributed by atoms with E-state index in [4.69, 9.17) is 33.0 Å². The molecule has 2 aromatic rings. The van der Waals surface area contributed by atoms with Crippen LogP contribution in [0.5, 0.6) is 5.75 Å². The molecule has 0 heterocycles. The summed E-state index contributed by atoms with van der Waals surface area (Å²) in [5.41, 5.74) is 0.529. The van der Waals surface area contributed by atoms with E-state index in [0.717, 1.165) is 0 Å². The first-order chi connectivity index (χ1) is 12.4. The van der Waals surface area contributed by atoms with Crippen molar-refractivity contribution in [1.29, 1.82) is 5.26 Å². The van der Waals surface area contributed by atoms with Gasteiger partial charge in [-0.15, -0.1) is 0 Å². The molecular weight excluding hydrogens is 379 g/mol. The Morgan fingerprint density at radius 2 is 1.85 bits per heavy atom. The third-order valence-corrected chi connectivity index (χ3v) is 3.49. The van der Waals surface area contributed by atoms with E-state index in [9.17, 15) is 14.9 Å². The minimum absolute atomic E-state index is 0.201. The number of amides is 1. The number of carbonyl (C=O) groups is 2. The van der Waals surface area contributed by atoms with E-state index in [1.165, 1.54) is 24.3 Å². The van der Waals surface area contributed by atoms with Gasteiger partial charge in [-0.25, -0.2) is 4.79 Å². The summed E-state index contributed by atoms with van der Waals surface area (Å²) < 4.78 is 5.15. The lowest BCUT2D eigenvalue weighted by molar-refractivity contribution is -0.139. The maximum Gasteiger partial charge on any atom is 0.341 e. The molecule has 8 heteroatoms. The molecule has 0 bridgehead atoms. The lowest BCUT2D eigenvalue weighted by Gasteiger charge is -2.08. The van der Waals surface area contributed by atoms with E-state index in [0.29, 0.717) is 21.3 Å². The highest BCUT2D eigenvalue weighted by atomic mass is 35.5. The number of aliphatic carboxylic acids is 1. The van der Waals surface area contributed by atoms with E-state index in [1.54, 1.807) is 30.3 Å². The van der Waals surface area contributed by atoms with E-state index in [1.807, 2.05) is 0 Å². The average Bonchev–Trinajstić information content (AvgIpc) is 2.57. The Morgan fingerprint density at radius 3 is 2.46 bits per heavy atom. The van der Waals surface area contributed by atoms with Gasteiger partial charge in [0.2, 0.25) is 0 Å². The largest absolute Gasteiger partial charge is 0.481 e. The van der Waals surface area contributed by atoms with Gasteiger partial charge in [-0.2, -0.15) is 5.26 Å². The second-order valence-electron chi connectivity index (χ2n) is 5.00. The molecule has 0 atom stereocenters. The van der Waals surface area contributed by atoms with Crippen LogP contribution in [-0.2, 0) is 9.59 Å². The SMILES string of the molecule is N#C/C(=C\c1ccccc1OCC(=O)O)C(=O)Nc1cc(Cl)cc(Cl)c1. The van der Waals surface area contributed by atoms with Crippen molar-refractivity contribution in [2.75, 3.05) is 11.9 Å². The van der Waals surface area contributed by atoms with Crippen molar-refractivity contribution in [3.8, 4) is 11.8 Å². The molecule has 2 rings (SSSR count). The number of nitriles is 1. The van der Waals surface area contributed by atoms with Gasteiger partial charge in [0.15, 0.2) is 6.61 Å². The van der Waals surface area contributed by atoms with Crippen LogP contribution in [0.3, 0.4) is 0 Å². The summed E-state index contributed by atoms with van der Waals surface area (Å²) in [4.78, 5) is 23.0. The van der Waals surface area contributed by atoms with Crippen molar-refractivity contribution in [3.63, 3.8) is 0 Å². The van der Waals surface area contributed by atoms with Gasteiger partial charge in [0.1, 0.15) is 17.4 Å². The number of rotatable bonds is 6. The number of anilines is 1. The molecule has 0 aromatic heterocycles. The monoisotopic (exact) mass is 390 g/mol. The Labute approximate surface area is 159 Å². The minimum Gasteiger partial charge on any atom is -0.481 e. The summed E-state index contributed by atoms with van der Waals surface area (Å²) in [6.45, 7) is -0.542. The number of nitrogens with zero attached hydrogens (tertiary/aromatic N) is 1. The lowest BCUT2D eigenvalue weighted by Crippen LogP contribution is -2.14. The van der Waals surface area contributed by atoms with Gasteiger partial charge >= 0.3 is 5.97 Å². The first-order valence-corrected chi connectivity index (χ1v) is 7.97. The fourth-order valence-electron chi connectivity index (χ4n) is 2.00. The van der Waals surface area contributed by atoms with Gasteiger partial charge in [0.25, 0.3) is 5.91 Å². The van der Waals surface area contributed by atoms with Gasteiger partial charge in [-0.1, -0.05) is 41.4 Å². The third-order valence-electron chi connectivity index (χ3n) is 3.06. The molecule has 0 saturated carbocycles. The lowest BCUT2D eigenvalue weighted by atomic mass is 10.1. The standard InChI is InChI=1S/C18H12Cl2N2O4/c19-13-6-14(20)8-15(7-13)22-18(25)12(9-21)5-11-3-1-2-4-16(11)26-10-17(23)24/h1-8H,10H2,(H,22,25)(H,23,24)/b12-5+. The molecular formula is C18H12Cl2N2O4. The molecule has 0 saturated heterocycles. The highest BCUT2D eigenvalue weighted by Gasteiger charge is 2.12. The number of carbonyl (C=O) groups excluding carboxylic acids is 1. The van der Waals surface area contributed by atoms with E-state index in [-0.39, 0.29) is 11.3 Å². The molecule has 0 fully saturated rings. The number of nitrogens with one attached hydrogen (secondary N) is 1. The maximum absolute atomic E-state index is 12.3. The van der Waals surface area contributed by atoms with Crippen LogP contribution in [0.1, 0.15) is 5.56 Å². The summed E-state index contributed by atoms with van der Waals surface area (Å²) in [6.07, 6.45) is 1.30. The van der Waals surface area contributed by atoms with Gasteiger partial charge in [-0.3, -0.25) is 4.79 Å². The number of para-hydroxylation sites is 1. The van der Waals surface area contributed by atoms with Gasteiger partial charge < -0.3 is 15.2 Å². The zero-order chi connectivity index (χ0) is 19.1. The summed E-state index contributed by atoms with van der Waals surface area (Å²) in [5, 5.41) is 21.2. The molecule has 2 aromatic carbocycles. The summed E-state index contributed by atoms with van der Waals surface area (Å²) in [6, 6.07) is 12.7. The van der Waals surface area contributed by atoms with Gasteiger partial charge in [0, 0.05) is 21.3 Å². The van der Waals surface area contributed by atoms with Crippen LogP contribution in [0.4, 0.5) is 5.69 Å². The van der Waals surface area contributed by atoms with Crippen LogP contribution in [-0.4, -0.2) is 23.6 Å². The molecule has 26 heavy (non-hydrogen) atoms. The number of hydrogen-bond acceptors (Lipinski definition) is 4. The van der Waals surface area contributed by atoms with E-state index >= 15 is 0 Å². The fourth-order valence-corrected chi connectivity index (χ4v) is 2.53. The van der Waals surface area contributed by atoms with Crippen LogP contribution in [0.15, 0.2) is 48.0 Å². The first kappa shape index (κ1) is 19.3. The number of carboxylic acid groups (broad SMARTS) is 1. The quantitative estimate of drug-likeness (QED) is 0.573. The molecule has 132 valence electrons. The second kappa shape index (κ2) is 8.90. The smallest absolute Gasteiger partial charge is 0.341 e. The normalized spacial score (nSPS) is 10.7. The molecule has 1 amide bonds. The number of halogens is 2. The van der Waals surface area contributed by atoms with Gasteiger partial charge in [-0.05, 0) is 30.3 Å². The van der Waals surface area contributed by atoms with Crippen LogP contribution in [0.25, 0.3) is 6.08 Å². The zero-order valence-corrected chi connectivity index (χ0v) is 14.7. The predicted molar refractivity (Wildman–Crippen MR) is 98.3 cm³/mol. The fraction of sp³-hybridized carbons (Fsp3) is 0.0556. The Morgan fingerprint density at radius 1 is 1.19 bits per heavy atom. The van der Waals surface area contributed by atoms with Crippen LogP contribution >= 0.6 is 23.2 Å². The highest BCUT2D eigenvalue weighted by molar-refractivity contribution is 6.35. The second-order valence-corrected chi connectivity index (χ2v) is 5.88. The predicted octanol–water partition coefficient (Wildman–Crippen LogP) is 4.00. The molecule has 0 radical (unpaired) electrons. The third kappa shape index (κ3) is 5.52. The number of hydrogen-bond donors (Lipinski definition) is 2. The first-order valence-electron chi connectivity index (χ1n) is 7.22. The Bertz CT molecular complexity index is 899. The van der Waals surface area contributed by atoms with Crippen molar-refractivity contribution in [1.82, 2.24) is 0 Å². The molecule has 2 N–H and O–H groups in total. The summed E-state index contributed by atoms with van der Waals surface area (Å²) in [5.74, 6) is -1.57. The summed E-state index contributed by atoms with van der Waals surface area (Å²) >= 11 is 11.8. The zero-order valence-electron chi connectivity index (χ0n) is 13.2. The molecule has 0 aliphatic heterocycles. The topological polar surface area (TPSA) is 99.4 Å². The summed E-state index contributed by atoms with van der Waals surface area (Å²) in [7, 11) is 0. The van der Waals surface area contributed by atoms with Crippen molar-refractivity contribution >= 4 is 46.8 Å². The molecule has 0 unspecified atom stereocenters. The van der Waals surface area contributed by atoms with Crippen LogP contribution < -0.4 is 10.1 Å². The molecule has 0 spiro atoms. The Kier molecular flexibility index (Phi) is 6.61. The number of carboxylic acids is 1.